The first kappa shape index (κ1) is 26.3. The molecule has 1 aromatic carbocycles. The molecule has 1 N–H and O–H groups in total. The van der Waals surface area contributed by atoms with Crippen molar-refractivity contribution in [3.05, 3.63) is 35.9 Å². The molecule has 0 aliphatic carbocycles. The van der Waals surface area contributed by atoms with Gasteiger partial charge in [-0.05, 0) is 17.9 Å². The molecule has 0 aromatic heterocycles. The number of hydrogen-bond acceptors (Lipinski definition) is 5. The normalized spacial score (nSPS) is 13.9. The number of ether oxygens (including phenoxy) is 1. The summed E-state index contributed by atoms with van der Waals surface area (Å²) in [4.78, 5) is 12.0. The fourth-order valence-electron chi connectivity index (χ4n) is 2.16. The fraction of sp³-hybridized carbons (Fsp3) is 0.588. The largest absolute Gasteiger partial charge is 0.445 e. The van der Waals surface area contributed by atoms with Crippen LogP contribution in [0.15, 0.2) is 30.3 Å². The molecule has 1 aromatic rings. The van der Waals surface area contributed by atoms with Crippen LogP contribution in [0, 0.1) is 5.92 Å². The first-order valence-corrected chi connectivity index (χ1v) is 10.3. The molecule has 1 rings (SSSR count). The number of carbonyl (C=O) groups is 1. The first-order chi connectivity index (χ1) is 13.7. The molecule has 0 saturated carbocycles. The number of hydrogen-bond donors (Lipinski definition) is 1. The van der Waals surface area contributed by atoms with Crippen LogP contribution < -0.4 is 5.32 Å². The summed E-state index contributed by atoms with van der Waals surface area (Å²) in [6, 6.07) is 8.31. The zero-order valence-corrected chi connectivity index (χ0v) is 17.0. The van der Waals surface area contributed by atoms with E-state index in [1.807, 2.05) is 5.32 Å². The molecule has 0 bridgehead atoms. The Kier molecular flexibility index (Phi) is 9.64. The molecule has 0 saturated heterocycles. The van der Waals surface area contributed by atoms with E-state index in [9.17, 15) is 35.7 Å². The van der Waals surface area contributed by atoms with Gasteiger partial charge < -0.3 is 10.1 Å². The topological polar surface area (TPSA) is 73.9 Å². The number of amides is 1. The second-order valence-corrected chi connectivity index (χ2v) is 8.89. The highest BCUT2D eigenvalue weighted by Crippen LogP contribution is 2.55. The van der Waals surface area contributed by atoms with E-state index < -0.39 is 45.0 Å². The van der Waals surface area contributed by atoms with Crippen LogP contribution in [0.3, 0.4) is 0 Å². The molecule has 0 heterocycles. The van der Waals surface area contributed by atoms with E-state index >= 15 is 0 Å². The van der Waals surface area contributed by atoms with Crippen LogP contribution in [-0.4, -0.2) is 37.4 Å². The van der Waals surface area contributed by atoms with E-state index in [-0.39, 0.29) is 18.9 Å². The van der Waals surface area contributed by atoms with Gasteiger partial charge in [-0.2, -0.15) is 26.3 Å². The highest BCUT2D eigenvalue weighted by Gasteiger charge is 2.44. The number of halogens is 6. The Bertz CT molecular complexity index is 689. The van der Waals surface area contributed by atoms with Crippen molar-refractivity contribution in [2.75, 3.05) is 13.2 Å². The zero-order valence-electron chi connectivity index (χ0n) is 16.1. The third-order valence-electron chi connectivity index (χ3n) is 3.39. The van der Waals surface area contributed by atoms with Crippen molar-refractivity contribution in [3.8, 4) is 0 Å². The molecule has 172 valence electrons. The lowest BCUT2D eigenvalue weighted by Gasteiger charge is -2.29. The van der Waals surface area contributed by atoms with Gasteiger partial charge in [0.1, 0.15) is 12.4 Å². The number of carbonyl (C=O) groups excluding carboxylic acids is 1. The van der Waals surface area contributed by atoms with Gasteiger partial charge in [-0.3, -0.25) is 13.6 Å². The number of benzene rings is 1. The van der Waals surface area contributed by atoms with Crippen molar-refractivity contribution < 1.29 is 49.5 Å². The van der Waals surface area contributed by atoms with Gasteiger partial charge in [0.2, 0.25) is 0 Å². The lowest BCUT2D eigenvalue weighted by atomic mass is 10.1. The fourth-order valence-corrected chi connectivity index (χ4v) is 4.19. The van der Waals surface area contributed by atoms with Crippen molar-refractivity contribution in [2.45, 2.75) is 45.0 Å². The lowest BCUT2D eigenvalue weighted by Crippen LogP contribution is -2.38. The average molecular weight is 465 g/mol. The molecule has 1 unspecified atom stereocenters. The minimum Gasteiger partial charge on any atom is -0.445 e. The maximum atomic E-state index is 12.8. The van der Waals surface area contributed by atoms with Crippen molar-refractivity contribution in [1.82, 2.24) is 5.32 Å². The van der Waals surface area contributed by atoms with Crippen LogP contribution >= 0.6 is 7.60 Å². The molecule has 0 aliphatic rings. The number of nitrogens with one attached hydrogen (secondary N) is 1. The van der Waals surface area contributed by atoms with E-state index in [1.54, 1.807) is 44.2 Å². The molecule has 0 spiro atoms. The van der Waals surface area contributed by atoms with E-state index in [0.29, 0.717) is 5.56 Å². The lowest BCUT2D eigenvalue weighted by molar-refractivity contribution is -0.165. The molecular formula is C17H22F6NO5P. The Hall–Kier alpha value is -1.78. The van der Waals surface area contributed by atoms with Gasteiger partial charge in [0, 0.05) is 0 Å². The van der Waals surface area contributed by atoms with Crippen LogP contribution in [0.5, 0.6) is 0 Å². The molecule has 1 atom stereocenters. The van der Waals surface area contributed by atoms with E-state index in [0.717, 1.165) is 0 Å². The average Bonchev–Trinajstić information content (AvgIpc) is 2.62. The summed E-state index contributed by atoms with van der Waals surface area (Å²) in [5, 5.41) is 2.02. The van der Waals surface area contributed by atoms with Gasteiger partial charge >= 0.3 is 26.0 Å². The second-order valence-electron chi connectivity index (χ2n) is 6.67. The molecule has 13 heteroatoms. The van der Waals surface area contributed by atoms with Gasteiger partial charge in [0.05, 0.1) is 0 Å². The van der Waals surface area contributed by atoms with Crippen LogP contribution in [0.25, 0.3) is 0 Å². The summed E-state index contributed by atoms with van der Waals surface area (Å²) in [5.74, 6) is -2.17. The van der Waals surface area contributed by atoms with Gasteiger partial charge in [-0.25, -0.2) is 4.79 Å². The molecule has 1 amide bonds. The van der Waals surface area contributed by atoms with Gasteiger partial charge in [-0.15, -0.1) is 0 Å². The van der Waals surface area contributed by atoms with E-state index in [1.165, 1.54) is 0 Å². The Morgan fingerprint density at radius 3 is 1.93 bits per heavy atom. The summed E-state index contributed by atoms with van der Waals surface area (Å²) >= 11 is 0. The van der Waals surface area contributed by atoms with Gasteiger partial charge in [0.15, 0.2) is 13.2 Å². The second kappa shape index (κ2) is 11.0. The third kappa shape index (κ3) is 10.8. The Balaban J connectivity index is 2.96. The first-order valence-electron chi connectivity index (χ1n) is 8.70. The molecule has 30 heavy (non-hydrogen) atoms. The molecule has 0 aliphatic heterocycles. The standard InChI is InChI=1S/C17H22F6NO5P/c1-12(2)8-14(24-15(25)27-9-13-6-4-3-5-7-13)30(26,28-10-16(18,19)20)29-11-17(21,22)23/h3-7,12,14H,8-11H2,1-2H3,(H,24,25). The molecule has 0 fully saturated rings. The number of alkyl halides is 6. The third-order valence-corrected chi connectivity index (χ3v) is 5.47. The minimum absolute atomic E-state index is 0.224. The maximum Gasteiger partial charge on any atom is 0.412 e. The highest BCUT2D eigenvalue weighted by atomic mass is 31.2. The quantitative estimate of drug-likeness (QED) is 0.358. The predicted molar refractivity (Wildman–Crippen MR) is 94.6 cm³/mol. The number of alkyl carbamates (subject to hydrolysis) is 1. The Morgan fingerprint density at radius 2 is 1.50 bits per heavy atom. The minimum atomic E-state index is -5.08. The Labute approximate surface area is 169 Å². The van der Waals surface area contributed by atoms with Crippen molar-refractivity contribution in [2.24, 2.45) is 5.92 Å². The van der Waals surface area contributed by atoms with Crippen LogP contribution in [0.4, 0.5) is 31.1 Å². The van der Waals surface area contributed by atoms with Crippen molar-refractivity contribution >= 4 is 13.7 Å². The highest BCUT2D eigenvalue weighted by molar-refractivity contribution is 7.54. The summed E-state index contributed by atoms with van der Waals surface area (Å²) in [6.45, 7) is -1.34. The predicted octanol–water partition coefficient (Wildman–Crippen LogP) is 5.64. The smallest absolute Gasteiger partial charge is 0.412 e. The SMILES string of the molecule is CC(C)CC(NC(=O)OCc1ccccc1)P(=O)(OCC(F)(F)F)OCC(F)(F)F. The molecule has 0 radical (unpaired) electrons. The van der Waals surface area contributed by atoms with E-state index in [4.69, 9.17) is 4.74 Å². The van der Waals surface area contributed by atoms with Crippen LogP contribution in [0.1, 0.15) is 25.8 Å². The van der Waals surface area contributed by atoms with Crippen LogP contribution in [0.2, 0.25) is 0 Å². The van der Waals surface area contributed by atoms with Crippen molar-refractivity contribution in [3.63, 3.8) is 0 Å². The molecular weight excluding hydrogens is 443 g/mol. The van der Waals surface area contributed by atoms with E-state index in [2.05, 4.69) is 9.05 Å². The summed E-state index contributed by atoms with van der Waals surface area (Å²) in [5.41, 5.74) is 0.581. The Morgan fingerprint density at radius 1 is 1.00 bits per heavy atom. The summed E-state index contributed by atoms with van der Waals surface area (Å²) < 4.78 is 101. The van der Waals surface area contributed by atoms with Crippen LogP contribution in [-0.2, 0) is 25.0 Å². The monoisotopic (exact) mass is 465 g/mol. The van der Waals surface area contributed by atoms with Gasteiger partial charge in [-0.1, -0.05) is 44.2 Å². The zero-order chi connectivity index (χ0) is 23.0. The molecule has 6 nitrogen and oxygen atoms in total. The van der Waals surface area contributed by atoms with Gasteiger partial charge in [0.25, 0.3) is 0 Å². The van der Waals surface area contributed by atoms with Crippen molar-refractivity contribution in [1.29, 1.82) is 0 Å². The number of rotatable bonds is 10. The summed E-state index contributed by atoms with van der Waals surface area (Å²) in [7, 11) is -5.08. The summed E-state index contributed by atoms with van der Waals surface area (Å²) in [6.07, 6.45) is -11.4. The maximum absolute atomic E-state index is 12.8.